The molecular formula is C9H12N6. The first-order chi connectivity index (χ1) is 7.34. The van der Waals surface area contributed by atoms with Crippen LogP contribution in [0.3, 0.4) is 0 Å². The molecule has 2 aromatic rings. The summed E-state index contributed by atoms with van der Waals surface area (Å²) in [6.45, 7) is 1.86. The highest BCUT2D eigenvalue weighted by Crippen LogP contribution is 2.21. The fourth-order valence-electron chi connectivity index (χ4n) is 1.94. The van der Waals surface area contributed by atoms with Crippen LogP contribution < -0.4 is 5.32 Å². The lowest BCUT2D eigenvalue weighted by Crippen LogP contribution is -2.33. The maximum atomic E-state index is 4.17. The van der Waals surface area contributed by atoms with E-state index in [1.807, 2.05) is 19.4 Å². The lowest BCUT2D eigenvalue weighted by Gasteiger charge is -2.22. The average molecular weight is 204 g/mol. The van der Waals surface area contributed by atoms with Gasteiger partial charge >= 0.3 is 0 Å². The Morgan fingerprint density at radius 2 is 2.47 bits per heavy atom. The van der Waals surface area contributed by atoms with Crippen LogP contribution in [-0.4, -0.2) is 31.1 Å². The Morgan fingerprint density at radius 3 is 3.27 bits per heavy atom. The Bertz CT molecular complexity index is 470. The molecule has 0 amide bonds. The molecule has 6 nitrogen and oxygen atoms in total. The van der Waals surface area contributed by atoms with Gasteiger partial charge < -0.3 is 9.88 Å². The van der Waals surface area contributed by atoms with Crippen LogP contribution in [0.1, 0.15) is 17.4 Å². The van der Waals surface area contributed by atoms with Crippen molar-refractivity contribution in [1.29, 1.82) is 0 Å². The summed E-state index contributed by atoms with van der Waals surface area (Å²) in [7, 11) is 1.91. The quantitative estimate of drug-likeness (QED) is 0.693. The summed E-state index contributed by atoms with van der Waals surface area (Å²) in [5, 5.41) is 15.7. The molecule has 1 atom stereocenters. The van der Waals surface area contributed by atoms with E-state index in [0.29, 0.717) is 0 Å². The Hall–Kier alpha value is -1.69. The molecule has 1 aliphatic rings. The predicted octanol–water partition coefficient (Wildman–Crippen LogP) is -0.296. The van der Waals surface area contributed by atoms with Crippen LogP contribution in [0.25, 0.3) is 0 Å². The second-order valence-corrected chi connectivity index (χ2v) is 3.72. The standard InChI is InChI=1S/C9H12N6/c1-14-5-7(4-12-14)8-9-13-11-6-15(9)3-2-10-8/h4-6,8,10H,2-3H2,1H3. The van der Waals surface area contributed by atoms with Gasteiger partial charge in [-0.1, -0.05) is 0 Å². The molecule has 0 spiro atoms. The van der Waals surface area contributed by atoms with Gasteiger partial charge in [-0.3, -0.25) is 4.68 Å². The van der Waals surface area contributed by atoms with E-state index in [2.05, 4.69) is 25.2 Å². The minimum atomic E-state index is 0.120. The molecule has 6 heteroatoms. The van der Waals surface area contributed by atoms with E-state index in [9.17, 15) is 0 Å². The third-order valence-corrected chi connectivity index (χ3v) is 2.66. The summed E-state index contributed by atoms with van der Waals surface area (Å²) in [4.78, 5) is 0. The first-order valence-corrected chi connectivity index (χ1v) is 4.94. The summed E-state index contributed by atoms with van der Waals surface area (Å²) in [6, 6.07) is 0.120. The number of rotatable bonds is 1. The summed E-state index contributed by atoms with van der Waals surface area (Å²) < 4.78 is 3.88. The van der Waals surface area contributed by atoms with Crippen LogP contribution in [0.4, 0.5) is 0 Å². The van der Waals surface area contributed by atoms with Crippen LogP contribution in [-0.2, 0) is 13.6 Å². The molecule has 0 aromatic carbocycles. The molecule has 3 rings (SSSR count). The summed E-state index contributed by atoms with van der Waals surface area (Å²) in [6.07, 6.45) is 5.64. The largest absolute Gasteiger partial charge is 0.315 e. The molecule has 1 unspecified atom stereocenters. The minimum absolute atomic E-state index is 0.120. The predicted molar refractivity (Wildman–Crippen MR) is 53.1 cm³/mol. The van der Waals surface area contributed by atoms with E-state index >= 15 is 0 Å². The zero-order valence-electron chi connectivity index (χ0n) is 8.46. The Morgan fingerprint density at radius 1 is 1.53 bits per heavy atom. The highest BCUT2D eigenvalue weighted by atomic mass is 15.3. The number of nitrogens with zero attached hydrogens (tertiary/aromatic N) is 5. The molecule has 1 N–H and O–H groups in total. The van der Waals surface area contributed by atoms with Crippen molar-refractivity contribution in [1.82, 2.24) is 29.9 Å². The third kappa shape index (κ3) is 1.33. The molecule has 78 valence electrons. The summed E-state index contributed by atoms with van der Waals surface area (Å²) in [5.74, 6) is 0.967. The van der Waals surface area contributed by atoms with E-state index in [-0.39, 0.29) is 6.04 Å². The van der Waals surface area contributed by atoms with Crippen molar-refractivity contribution in [2.45, 2.75) is 12.6 Å². The zero-order chi connectivity index (χ0) is 10.3. The van der Waals surface area contributed by atoms with Crippen molar-refractivity contribution in [3.8, 4) is 0 Å². The highest BCUT2D eigenvalue weighted by molar-refractivity contribution is 5.20. The molecule has 0 aliphatic carbocycles. The van der Waals surface area contributed by atoms with Crippen molar-refractivity contribution < 1.29 is 0 Å². The second-order valence-electron chi connectivity index (χ2n) is 3.72. The Labute approximate surface area is 86.9 Å². The number of nitrogens with one attached hydrogen (secondary N) is 1. The van der Waals surface area contributed by atoms with Gasteiger partial charge in [-0.25, -0.2) is 0 Å². The van der Waals surface area contributed by atoms with E-state index in [1.165, 1.54) is 0 Å². The molecular weight excluding hydrogens is 192 g/mol. The molecule has 2 aromatic heterocycles. The maximum Gasteiger partial charge on any atom is 0.154 e. The number of aromatic nitrogens is 5. The van der Waals surface area contributed by atoms with Crippen LogP contribution in [0.5, 0.6) is 0 Å². The monoisotopic (exact) mass is 204 g/mol. The Kier molecular flexibility index (Phi) is 1.81. The molecule has 0 bridgehead atoms. The van der Waals surface area contributed by atoms with E-state index in [1.54, 1.807) is 11.0 Å². The molecule has 0 saturated carbocycles. The molecule has 0 saturated heterocycles. The number of fused-ring (bicyclic) bond motifs is 1. The van der Waals surface area contributed by atoms with Gasteiger partial charge in [0.1, 0.15) is 6.33 Å². The molecule has 1 aliphatic heterocycles. The smallest absolute Gasteiger partial charge is 0.154 e. The second kappa shape index (κ2) is 3.16. The Balaban J connectivity index is 2.02. The summed E-state index contributed by atoms with van der Waals surface area (Å²) >= 11 is 0. The topological polar surface area (TPSA) is 60.6 Å². The fraction of sp³-hybridized carbons (Fsp3) is 0.444. The van der Waals surface area contributed by atoms with Gasteiger partial charge in [0, 0.05) is 31.9 Å². The van der Waals surface area contributed by atoms with Crippen molar-refractivity contribution in [2.24, 2.45) is 7.05 Å². The lowest BCUT2D eigenvalue weighted by molar-refractivity contribution is 0.455. The van der Waals surface area contributed by atoms with Gasteiger partial charge in [0.05, 0.1) is 12.2 Å². The van der Waals surface area contributed by atoms with Crippen molar-refractivity contribution in [3.05, 3.63) is 30.1 Å². The SMILES string of the molecule is Cn1cc(C2NCCn3cnnc32)cn1. The van der Waals surface area contributed by atoms with Crippen molar-refractivity contribution >= 4 is 0 Å². The maximum absolute atomic E-state index is 4.17. The van der Waals surface area contributed by atoms with E-state index in [0.717, 1.165) is 24.5 Å². The average Bonchev–Trinajstić information content (AvgIpc) is 2.84. The van der Waals surface area contributed by atoms with Gasteiger partial charge in [0.25, 0.3) is 0 Å². The third-order valence-electron chi connectivity index (χ3n) is 2.66. The van der Waals surface area contributed by atoms with Crippen LogP contribution in [0, 0.1) is 0 Å². The molecule has 0 fully saturated rings. The number of hydrogen-bond donors (Lipinski definition) is 1. The molecule has 0 radical (unpaired) electrons. The van der Waals surface area contributed by atoms with Crippen LogP contribution in [0.15, 0.2) is 18.7 Å². The van der Waals surface area contributed by atoms with Crippen LogP contribution in [0.2, 0.25) is 0 Å². The molecule has 15 heavy (non-hydrogen) atoms. The van der Waals surface area contributed by atoms with Gasteiger partial charge in [-0.05, 0) is 0 Å². The first-order valence-electron chi connectivity index (χ1n) is 4.94. The van der Waals surface area contributed by atoms with Crippen molar-refractivity contribution in [3.63, 3.8) is 0 Å². The van der Waals surface area contributed by atoms with E-state index < -0.39 is 0 Å². The van der Waals surface area contributed by atoms with Crippen molar-refractivity contribution in [2.75, 3.05) is 6.54 Å². The first kappa shape index (κ1) is 8.60. The fourth-order valence-corrected chi connectivity index (χ4v) is 1.94. The summed E-state index contributed by atoms with van der Waals surface area (Å²) in [5.41, 5.74) is 1.13. The number of hydrogen-bond acceptors (Lipinski definition) is 4. The lowest BCUT2D eigenvalue weighted by atomic mass is 10.1. The highest BCUT2D eigenvalue weighted by Gasteiger charge is 2.24. The number of aryl methyl sites for hydroxylation is 1. The molecule has 3 heterocycles. The van der Waals surface area contributed by atoms with Gasteiger partial charge in [0.2, 0.25) is 0 Å². The van der Waals surface area contributed by atoms with Gasteiger partial charge in [0.15, 0.2) is 5.82 Å². The normalized spacial score (nSPS) is 20.2. The zero-order valence-corrected chi connectivity index (χ0v) is 8.46. The minimum Gasteiger partial charge on any atom is -0.315 e. The van der Waals surface area contributed by atoms with Crippen LogP contribution >= 0.6 is 0 Å². The van der Waals surface area contributed by atoms with Gasteiger partial charge in [-0.15, -0.1) is 10.2 Å². The van der Waals surface area contributed by atoms with E-state index in [4.69, 9.17) is 0 Å². The van der Waals surface area contributed by atoms with Gasteiger partial charge in [-0.2, -0.15) is 5.10 Å².